The maximum Gasteiger partial charge on any atom is 0.0218 e. The quantitative estimate of drug-likeness (QED) is 0.323. The third kappa shape index (κ3) is 7.83. The first kappa shape index (κ1) is 27.2. The first-order valence-electron chi connectivity index (χ1n) is 14.6. The molecule has 1 N–H and O–H groups in total. The van der Waals surface area contributed by atoms with Gasteiger partial charge in [0, 0.05) is 30.7 Å². The van der Waals surface area contributed by atoms with Crippen molar-refractivity contribution in [1.82, 2.24) is 10.2 Å². The number of nitrogens with one attached hydrogen (secondary N) is 1. The van der Waals surface area contributed by atoms with Gasteiger partial charge in [-0.3, -0.25) is 0 Å². The van der Waals surface area contributed by atoms with Crippen molar-refractivity contribution in [3.8, 4) is 0 Å². The highest BCUT2D eigenvalue weighted by molar-refractivity contribution is 6.29. The molecule has 3 heteroatoms. The van der Waals surface area contributed by atoms with Crippen LogP contribution in [0.2, 0.25) is 0 Å². The minimum Gasteiger partial charge on any atom is -0.312 e. The molecule has 1 heterocycles. The molecule has 0 amide bonds. The summed E-state index contributed by atoms with van der Waals surface area (Å²) in [5.41, 5.74) is 2.05. The number of hydrogen-bond acceptors (Lipinski definition) is 2. The Labute approximate surface area is 221 Å². The highest BCUT2D eigenvalue weighted by Crippen LogP contribution is 2.45. The predicted octanol–water partition coefficient (Wildman–Crippen LogP) is 8.12. The summed E-state index contributed by atoms with van der Waals surface area (Å²) in [4.78, 5) is 2.76. The van der Waals surface area contributed by atoms with Gasteiger partial charge in [0.05, 0.1) is 0 Å². The van der Waals surface area contributed by atoms with Crippen LogP contribution in [0.4, 0.5) is 0 Å². The minimum atomic E-state index is 0.377. The van der Waals surface area contributed by atoms with E-state index in [4.69, 9.17) is 11.6 Å². The number of hydrogen-bond donors (Lipinski definition) is 1. The number of halogens is 1. The van der Waals surface area contributed by atoms with Crippen molar-refractivity contribution in [2.75, 3.05) is 26.2 Å². The van der Waals surface area contributed by atoms with E-state index < -0.39 is 0 Å². The van der Waals surface area contributed by atoms with E-state index in [1.807, 2.05) is 0 Å². The van der Waals surface area contributed by atoms with E-state index in [9.17, 15) is 0 Å². The topological polar surface area (TPSA) is 15.3 Å². The van der Waals surface area contributed by atoms with Gasteiger partial charge in [0.15, 0.2) is 0 Å². The second-order valence-electron chi connectivity index (χ2n) is 13.1. The summed E-state index contributed by atoms with van der Waals surface area (Å²) in [6.45, 7) is 14.6. The maximum absolute atomic E-state index is 6.28. The molecule has 4 aliphatic rings. The van der Waals surface area contributed by atoms with E-state index >= 15 is 0 Å². The zero-order valence-corrected chi connectivity index (χ0v) is 23.7. The van der Waals surface area contributed by atoms with Gasteiger partial charge in [0.1, 0.15) is 0 Å². The van der Waals surface area contributed by atoms with E-state index in [1.165, 1.54) is 71.0 Å². The van der Waals surface area contributed by atoms with Crippen LogP contribution in [0.25, 0.3) is 0 Å². The van der Waals surface area contributed by atoms with Gasteiger partial charge in [-0.25, -0.2) is 0 Å². The second kappa shape index (κ2) is 12.6. The van der Waals surface area contributed by atoms with Crippen LogP contribution in [0.3, 0.4) is 0 Å². The van der Waals surface area contributed by atoms with Crippen molar-refractivity contribution in [2.45, 2.75) is 91.5 Å². The van der Waals surface area contributed by atoms with Gasteiger partial charge in [0.2, 0.25) is 0 Å². The van der Waals surface area contributed by atoms with Crippen LogP contribution in [0, 0.1) is 35.0 Å². The Morgan fingerprint density at radius 3 is 2.69 bits per heavy atom. The molecule has 4 rings (SSSR count). The molecular weight excluding hydrogens is 448 g/mol. The van der Waals surface area contributed by atoms with Crippen LogP contribution >= 0.6 is 11.6 Å². The predicted molar refractivity (Wildman–Crippen MR) is 153 cm³/mol. The molecule has 1 fully saturated rings. The van der Waals surface area contributed by atoms with Gasteiger partial charge in [-0.2, -0.15) is 0 Å². The standard InChI is InChI=1S/C32H51ClN2/c1-24(2)31(34-21-27-12-8-11-26(20-27)19-25-9-6-5-7-10-25)22-35-18-17-30(32(3,4)23-35)28-13-15-29(33)16-14-28/h5-6,8,11-12,15,24-25,27-28,30-31,34H,7,9-10,13-14,16-23H2,1-4H3/t25?,27?,28?,30-,31+/m1/s1. The Hall–Kier alpha value is -0.830. The van der Waals surface area contributed by atoms with Crippen molar-refractivity contribution in [1.29, 1.82) is 0 Å². The van der Waals surface area contributed by atoms with Crippen LogP contribution in [0.15, 0.2) is 47.1 Å². The van der Waals surface area contributed by atoms with Crippen LogP contribution in [0.5, 0.6) is 0 Å². The lowest BCUT2D eigenvalue weighted by Gasteiger charge is -2.49. The van der Waals surface area contributed by atoms with Crippen molar-refractivity contribution in [2.24, 2.45) is 35.0 Å². The van der Waals surface area contributed by atoms with Gasteiger partial charge >= 0.3 is 0 Å². The molecular formula is C32H51ClN2. The molecule has 3 aliphatic carbocycles. The first-order valence-corrected chi connectivity index (χ1v) is 15.0. The Bertz CT molecular complexity index is 804. The second-order valence-corrected chi connectivity index (χ2v) is 13.6. The fourth-order valence-electron chi connectivity index (χ4n) is 7.32. The summed E-state index contributed by atoms with van der Waals surface area (Å²) >= 11 is 6.28. The Morgan fingerprint density at radius 2 is 2.00 bits per heavy atom. The fourth-order valence-corrected chi connectivity index (χ4v) is 7.52. The average Bonchev–Trinajstić information content (AvgIpc) is 2.83. The number of likely N-dealkylation sites (tertiary alicyclic amines) is 1. The molecule has 0 spiro atoms. The zero-order valence-electron chi connectivity index (χ0n) is 22.9. The van der Waals surface area contributed by atoms with Crippen LogP contribution < -0.4 is 5.32 Å². The maximum atomic E-state index is 6.28. The summed E-state index contributed by atoms with van der Waals surface area (Å²) in [7, 11) is 0. The lowest BCUT2D eigenvalue weighted by atomic mass is 9.65. The number of allylic oxidation sites excluding steroid dienone is 7. The molecule has 2 nitrogen and oxygen atoms in total. The zero-order chi connectivity index (χ0) is 24.8. The Balaban J connectivity index is 1.25. The third-order valence-corrected chi connectivity index (χ3v) is 9.77. The van der Waals surface area contributed by atoms with Gasteiger partial charge in [-0.1, -0.05) is 81.3 Å². The average molecular weight is 499 g/mol. The summed E-state index contributed by atoms with van der Waals surface area (Å²) in [6.07, 6.45) is 25.6. The molecule has 0 aromatic rings. The molecule has 0 aromatic carbocycles. The largest absolute Gasteiger partial charge is 0.312 e. The monoisotopic (exact) mass is 498 g/mol. The van der Waals surface area contributed by atoms with Crippen molar-refractivity contribution >= 4 is 11.6 Å². The molecule has 0 bridgehead atoms. The number of piperidine rings is 1. The van der Waals surface area contributed by atoms with E-state index in [2.05, 4.69) is 74.4 Å². The van der Waals surface area contributed by atoms with E-state index in [-0.39, 0.29) is 0 Å². The molecule has 35 heavy (non-hydrogen) atoms. The summed E-state index contributed by atoms with van der Waals surface area (Å²) < 4.78 is 0. The highest BCUT2D eigenvalue weighted by atomic mass is 35.5. The summed E-state index contributed by atoms with van der Waals surface area (Å²) in [5.74, 6) is 3.80. The Kier molecular flexibility index (Phi) is 9.81. The highest BCUT2D eigenvalue weighted by Gasteiger charge is 2.40. The van der Waals surface area contributed by atoms with Gasteiger partial charge in [0.25, 0.3) is 0 Å². The van der Waals surface area contributed by atoms with Crippen LogP contribution in [-0.2, 0) is 0 Å². The molecule has 1 saturated heterocycles. The van der Waals surface area contributed by atoms with Gasteiger partial charge in [-0.05, 0) is 99.3 Å². The molecule has 0 saturated carbocycles. The number of nitrogens with zero attached hydrogens (tertiary/aromatic N) is 1. The fraction of sp³-hybridized carbons (Fsp3) is 0.750. The van der Waals surface area contributed by atoms with Crippen LogP contribution in [-0.4, -0.2) is 37.1 Å². The molecule has 1 aliphatic heterocycles. The van der Waals surface area contributed by atoms with Gasteiger partial charge in [-0.15, -0.1) is 0 Å². The molecule has 196 valence electrons. The first-order chi connectivity index (χ1) is 16.8. The lowest BCUT2D eigenvalue weighted by molar-refractivity contribution is 0.0117. The van der Waals surface area contributed by atoms with Crippen molar-refractivity contribution in [3.05, 3.63) is 47.1 Å². The summed E-state index contributed by atoms with van der Waals surface area (Å²) in [5, 5.41) is 5.10. The minimum absolute atomic E-state index is 0.377. The van der Waals surface area contributed by atoms with E-state index in [0.29, 0.717) is 23.3 Å². The van der Waals surface area contributed by atoms with Crippen molar-refractivity contribution in [3.63, 3.8) is 0 Å². The smallest absolute Gasteiger partial charge is 0.0218 e. The van der Waals surface area contributed by atoms with Crippen LogP contribution in [0.1, 0.15) is 85.5 Å². The summed E-state index contributed by atoms with van der Waals surface area (Å²) in [6, 6.07) is 0.560. The molecule has 5 atom stereocenters. The number of rotatable bonds is 9. The third-order valence-electron chi connectivity index (χ3n) is 9.43. The SMILES string of the molecule is CC(C)[C@H](CN1CC[C@H](C2CC=C(Cl)CC2)C(C)(C)C1)NCC1C=CC=C(CC2CC=CCC2)C1. The van der Waals surface area contributed by atoms with Gasteiger partial charge < -0.3 is 10.2 Å². The molecule has 0 radical (unpaired) electrons. The van der Waals surface area contributed by atoms with Crippen molar-refractivity contribution < 1.29 is 0 Å². The lowest BCUT2D eigenvalue weighted by Crippen LogP contribution is -2.53. The normalized spacial score (nSPS) is 32.4. The van der Waals surface area contributed by atoms with E-state index in [1.54, 1.807) is 5.57 Å². The Morgan fingerprint density at radius 1 is 1.14 bits per heavy atom. The molecule has 3 unspecified atom stereocenters. The molecule has 0 aromatic heterocycles. The van der Waals surface area contributed by atoms with E-state index in [0.717, 1.165) is 35.8 Å².